The van der Waals surface area contributed by atoms with Crippen LogP contribution in [0.5, 0.6) is 11.5 Å². The zero-order chi connectivity index (χ0) is 81.3. The monoisotopic (exact) mass is 1570 g/mol. The highest BCUT2D eigenvalue weighted by molar-refractivity contribution is 6.10. The average molecular weight is 1570 g/mol. The third kappa shape index (κ3) is 41.4. The van der Waals surface area contributed by atoms with Crippen LogP contribution in [0.25, 0.3) is 0 Å². The van der Waals surface area contributed by atoms with E-state index in [0.717, 1.165) is 103 Å². The van der Waals surface area contributed by atoms with E-state index in [4.69, 9.17) is 9.47 Å². The summed E-state index contributed by atoms with van der Waals surface area (Å²) < 4.78 is 12.5. The van der Waals surface area contributed by atoms with Crippen LogP contribution in [0.4, 0.5) is 46.5 Å². The minimum Gasteiger partial charge on any atom is -0.494 e. The van der Waals surface area contributed by atoms with E-state index in [9.17, 15) is 38.4 Å². The lowest BCUT2D eigenvalue weighted by molar-refractivity contribution is -0.117. The first-order chi connectivity index (χ1) is 55.7. The summed E-state index contributed by atoms with van der Waals surface area (Å²) in [5.74, 6) is -0.241. The van der Waals surface area contributed by atoms with Gasteiger partial charge in [-0.25, -0.2) is 19.9 Å². The second-order valence-corrected chi connectivity index (χ2v) is 30.3. The summed E-state index contributed by atoms with van der Waals surface area (Å²) in [5, 5.41) is 22.8. The Labute approximate surface area is 679 Å². The fourth-order valence-electron chi connectivity index (χ4n) is 13.4. The van der Waals surface area contributed by atoms with Crippen LogP contribution >= 0.6 is 0 Å². The van der Waals surface area contributed by atoms with Crippen LogP contribution in [0.3, 0.4) is 0 Å². The van der Waals surface area contributed by atoms with Crippen LogP contribution in [0.15, 0.2) is 109 Å². The minimum atomic E-state index is -0.558. The minimum absolute atomic E-state index is 0.127. The van der Waals surface area contributed by atoms with Crippen molar-refractivity contribution in [2.75, 3.05) is 55.7 Å². The van der Waals surface area contributed by atoms with E-state index in [1.54, 1.807) is 97.1 Å². The molecule has 0 aliphatic rings. The first-order valence-electron chi connectivity index (χ1n) is 43.6. The Morgan fingerprint density at radius 2 is 0.404 bits per heavy atom. The Bertz CT molecular complexity index is 3350. The Balaban J connectivity index is 1.04. The second kappa shape index (κ2) is 58.3. The van der Waals surface area contributed by atoms with Crippen LogP contribution in [-0.2, 0) is 19.2 Å². The fourth-order valence-corrected chi connectivity index (χ4v) is 13.4. The molecule has 0 saturated heterocycles. The largest absolute Gasteiger partial charge is 0.494 e. The molecule has 0 saturated carbocycles. The smallest absolute Gasteiger partial charge is 0.256 e. The molecule has 2 aromatic carbocycles. The van der Waals surface area contributed by atoms with Gasteiger partial charge in [-0.15, -0.1) is 0 Å². The highest BCUT2D eigenvalue weighted by atomic mass is 16.5. The van der Waals surface area contributed by atoms with E-state index in [2.05, 4.69) is 90.2 Å². The number of hydrogen-bond acceptors (Lipinski definition) is 14. The van der Waals surface area contributed by atoms with E-state index in [1.807, 2.05) is 0 Å². The fraction of sp³-hybridized carbons (Fsp3) is 0.565. The molecule has 22 nitrogen and oxygen atoms in total. The summed E-state index contributed by atoms with van der Waals surface area (Å²) in [6.45, 7) is 9.44. The molecule has 0 unspecified atom stereocenters. The molecule has 114 heavy (non-hydrogen) atoms. The maximum Gasteiger partial charge on any atom is 0.256 e. The van der Waals surface area contributed by atoms with Crippen molar-refractivity contribution in [2.45, 2.75) is 323 Å². The van der Waals surface area contributed by atoms with Crippen molar-refractivity contribution >= 4 is 93.8 Å². The number of pyridine rings is 4. The molecule has 4 aromatic heterocycles. The first kappa shape index (κ1) is 93.3. The number of benzene rings is 2. The molecule has 0 aliphatic heterocycles. The third-order valence-electron chi connectivity index (χ3n) is 20.0. The van der Waals surface area contributed by atoms with Crippen molar-refractivity contribution in [3.63, 3.8) is 0 Å². The molecule has 4 heterocycles. The van der Waals surface area contributed by atoms with Crippen molar-refractivity contribution in [1.29, 1.82) is 0 Å². The maximum atomic E-state index is 14.1. The number of carbonyl (C=O) groups is 8. The SMILES string of the molecule is CCCCCCCCCCCC(=O)Nc1cccc(NC(=O)c2cc(OCCCCCCCCOc3cc(C(=O)Nc4cccc(NC(=O)CCCCCCCCCCC)n4)cc(C(=O)Nc4cccc(NC(=O)CCCCCCCCCCC)n4)c3)cc(C(=O)Nc3cccc(NC(=O)CCCCCCCCCCC)n3)c2)n1. The number of rotatable bonds is 63. The summed E-state index contributed by atoms with van der Waals surface area (Å²) in [7, 11) is 0. The standard InChI is InChI=1S/C92H134N12O10/c1-5-9-13-17-21-25-29-35-41-59-85(105)97-77-51-47-55-81(93-77)101-89(109)71-65-72(90(110)102-82-56-48-52-78(94-82)98-86(106)60-42-36-30-26-22-18-14-10-6-2)68-75(67-71)113-63-45-39-33-34-40-46-64-114-76-69-73(91(111)103-83-57-49-53-79(95-83)99-87(107)61-43-37-31-27-23-19-15-11-7-3)66-74(70-76)92(112)104-84-58-50-54-80(96-84)100-88(108)62-44-38-32-28-24-20-16-12-8-4/h47-58,65-70H,5-46,59-64H2,1-4H3,(H2,93,97,101,105,109)(H2,94,98,102,106,110)(H2,95,99,103,107,111)(H2,96,100,104,108,112). The number of amides is 8. The Hall–Kier alpha value is -9.60. The maximum absolute atomic E-state index is 14.1. The van der Waals surface area contributed by atoms with Gasteiger partial charge in [0.2, 0.25) is 23.6 Å². The topological polar surface area (TPSA) is 303 Å². The van der Waals surface area contributed by atoms with Crippen molar-refractivity contribution in [3.8, 4) is 11.5 Å². The van der Waals surface area contributed by atoms with Gasteiger partial charge in [0.1, 0.15) is 58.0 Å². The first-order valence-corrected chi connectivity index (χ1v) is 43.6. The molecule has 8 amide bonds. The second-order valence-electron chi connectivity index (χ2n) is 30.3. The van der Waals surface area contributed by atoms with Gasteiger partial charge in [-0.3, -0.25) is 38.4 Å². The molecule has 622 valence electrons. The average Bonchev–Trinajstić information content (AvgIpc) is 0.828. The van der Waals surface area contributed by atoms with Gasteiger partial charge in [-0.05, 0) is 123 Å². The summed E-state index contributed by atoms with van der Waals surface area (Å²) in [5.41, 5.74) is 0.508. The number of unbranched alkanes of at least 4 members (excludes halogenated alkanes) is 37. The lowest BCUT2D eigenvalue weighted by atomic mass is 10.1. The summed E-state index contributed by atoms with van der Waals surface area (Å²) in [6, 6.07) is 29.1. The zero-order valence-corrected chi connectivity index (χ0v) is 69.2. The van der Waals surface area contributed by atoms with Gasteiger partial charge in [-0.2, -0.15) is 0 Å². The number of hydrogen-bond donors (Lipinski definition) is 8. The van der Waals surface area contributed by atoms with Crippen LogP contribution in [0.1, 0.15) is 364 Å². The van der Waals surface area contributed by atoms with Gasteiger partial charge in [0.15, 0.2) is 0 Å². The Morgan fingerprint density at radius 1 is 0.228 bits per heavy atom. The number of nitrogens with one attached hydrogen (secondary N) is 8. The van der Waals surface area contributed by atoms with Gasteiger partial charge in [0.05, 0.1) is 13.2 Å². The van der Waals surface area contributed by atoms with Crippen LogP contribution in [0.2, 0.25) is 0 Å². The molecular weight excluding hydrogens is 1430 g/mol. The molecule has 0 bridgehead atoms. The normalized spacial score (nSPS) is 11.0. The molecule has 6 aromatic rings. The van der Waals surface area contributed by atoms with E-state index in [1.165, 1.54) is 166 Å². The molecule has 0 radical (unpaired) electrons. The molecule has 8 N–H and O–H groups in total. The molecule has 0 fully saturated rings. The lowest BCUT2D eigenvalue weighted by Crippen LogP contribution is -2.18. The molecule has 0 spiro atoms. The van der Waals surface area contributed by atoms with Gasteiger partial charge < -0.3 is 52.0 Å². The number of aromatic nitrogens is 4. The number of ether oxygens (including phenoxy) is 2. The number of anilines is 8. The Morgan fingerprint density at radius 3 is 0.605 bits per heavy atom. The van der Waals surface area contributed by atoms with E-state index >= 15 is 0 Å². The molecule has 6 rings (SSSR count). The van der Waals surface area contributed by atoms with E-state index in [-0.39, 0.29) is 82.4 Å². The van der Waals surface area contributed by atoms with Gasteiger partial charge >= 0.3 is 0 Å². The predicted octanol–water partition coefficient (Wildman–Crippen LogP) is 23.5. The van der Waals surface area contributed by atoms with Crippen LogP contribution < -0.4 is 52.0 Å². The molecule has 22 heteroatoms. The number of carbonyl (C=O) groups excluding carboxylic acids is 8. The quantitative estimate of drug-likeness (QED) is 0.0165. The van der Waals surface area contributed by atoms with Gasteiger partial charge in [0.25, 0.3) is 23.6 Å². The van der Waals surface area contributed by atoms with E-state index < -0.39 is 23.6 Å². The summed E-state index contributed by atoms with van der Waals surface area (Å²) in [4.78, 5) is 126. The predicted molar refractivity (Wildman–Crippen MR) is 462 cm³/mol. The number of nitrogens with zero attached hydrogens (tertiary/aromatic N) is 4. The highest BCUT2D eigenvalue weighted by Crippen LogP contribution is 2.26. The van der Waals surface area contributed by atoms with Crippen molar-refractivity contribution < 1.29 is 47.8 Å². The third-order valence-corrected chi connectivity index (χ3v) is 20.0. The van der Waals surface area contributed by atoms with Crippen LogP contribution in [0, 0.1) is 0 Å². The highest BCUT2D eigenvalue weighted by Gasteiger charge is 2.20. The lowest BCUT2D eigenvalue weighted by Gasteiger charge is -2.13. The van der Waals surface area contributed by atoms with Crippen molar-refractivity contribution in [1.82, 2.24) is 19.9 Å². The zero-order valence-electron chi connectivity index (χ0n) is 69.2. The van der Waals surface area contributed by atoms with Gasteiger partial charge in [-0.1, -0.05) is 283 Å². The summed E-state index contributed by atoms with van der Waals surface area (Å²) in [6.07, 6.45) is 47.3. The van der Waals surface area contributed by atoms with Crippen molar-refractivity contribution in [3.05, 3.63) is 131 Å². The van der Waals surface area contributed by atoms with Crippen LogP contribution in [-0.4, -0.2) is 80.4 Å². The molecular formula is C92H134N12O10. The molecule has 0 atom stereocenters. The Kier molecular flexibility index (Phi) is 47.7. The van der Waals surface area contributed by atoms with Crippen molar-refractivity contribution in [2.24, 2.45) is 0 Å². The molecule has 0 aliphatic carbocycles. The van der Waals surface area contributed by atoms with E-state index in [0.29, 0.717) is 73.3 Å². The van der Waals surface area contributed by atoms with Gasteiger partial charge in [0, 0.05) is 47.9 Å². The summed E-state index contributed by atoms with van der Waals surface area (Å²) >= 11 is 0.